The van der Waals surface area contributed by atoms with E-state index in [2.05, 4.69) is 5.16 Å². The van der Waals surface area contributed by atoms with Gasteiger partial charge in [-0.25, -0.2) is 8.42 Å². The molecule has 0 unspecified atom stereocenters. The number of carbonyl (C=O) groups is 1. The summed E-state index contributed by atoms with van der Waals surface area (Å²) in [4.78, 5) is 15.2. The molecule has 1 spiro atoms. The lowest BCUT2D eigenvalue weighted by atomic mass is 9.96. The van der Waals surface area contributed by atoms with Crippen LogP contribution in [0.2, 0.25) is 0 Å². The van der Waals surface area contributed by atoms with Crippen molar-refractivity contribution in [3.8, 4) is 0 Å². The molecule has 0 bridgehead atoms. The topological polar surface area (TPSA) is 102 Å². The summed E-state index contributed by atoms with van der Waals surface area (Å²) in [5, 5.41) is 3.94. The van der Waals surface area contributed by atoms with Gasteiger partial charge >= 0.3 is 0 Å². The molecule has 10 heteroatoms. The highest BCUT2D eigenvalue weighted by Crippen LogP contribution is 2.34. The summed E-state index contributed by atoms with van der Waals surface area (Å²) in [5.74, 6) is -0.726. The second-order valence-electron chi connectivity index (χ2n) is 9.84. The van der Waals surface area contributed by atoms with Gasteiger partial charge in [-0.1, -0.05) is 41.1 Å². The molecule has 9 nitrogen and oxygen atoms in total. The first kappa shape index (κ1) is 25.1. The number of aromatic nitrogens is 1. The Morgan fingerprint density at radius 1 is 1.06 bits per heavy atom. The van der Waals surface area contributed by atoms with Crippen LogP contribution in [0.15, 0.2) is 33.7 Å². The quantitative estimate of drug-likeness (QED) is 0.602. The van der Waals surface area contributed by atoms with Gasteiger partial charge in [0.05, 0.1) is 19.1 Å². The molecule has 3 aliphatic rings. The summed E-state index contributed by atoms with van der Waals surface area (Å²) in [6.07, 6.45) is 6.03. The van der Waals surface area contributed by atoms with Gasteiger partial charge in [0.1, 0.15) is 5.69 Å². The van der Waals surface area contributed by atoms with Crippen molar-refractivity contribution in [1.29, 1.82) is 0 Å². The van der Waals surface area contributed by atoms with Crippen LogP contribution in [-0.2, 0) is 24.3 Å². The number of amides is 1. The van der Waals surface area contributed by atoms with Crippen molar-refractivity contribution in [3.05, 3.63) is 46.8 Å². The minimum Gasteiger partial charge on any atom is -0.355 e. The maximum absolute atomic E-state index is 13.7. The van der Waals surface area contributed by atoms with E-state index in [-0.39, 0.29) is 29.0 Å². The number of benzene rings is 1. The van der Waals surface area contributed by atoms with Crippen molar-refractivity contribution >= 4 is 28.1 Å². The zero-order valence-corrected chi connectivity index (χ0v) is 21.6. The van der Waals surface area contributed by atoms with Gasteiger partial charge in [-0.2, -0.15) is 4.31 Å². The summed E-state index contributed by atoms with van der Waals surface area (Å²) in [7, 11) is -3.89. The predicted octanol–water partition coefficient (Wildman–Crippen LogP) is 3.23. The van der Waals surface area contributed by atoms with Crippen LogP contribution in [0.5, 0.6) is 0 Å². The maximum atomic E-state index is 13.7. The Hall–Kier alpha value is -2.53. The molecule has 0 aliphatic carbocycles. The average molecular weight is 516 g/mol. The summed E-state index contributed by atoms with van der Waals surface area (Å²) in [5.41, 5.74) is 2.38. The lowest BCUT2D eigenvalue weighted by Gasteiger charge is -2.40. The number of aryl methyl sites for hydroxylation is 2. The van der Waals surface area contributed by atoms with Gasteiger partial charge in [0, 0.05) is 39.0 Å². The Morgan fingerprint density at radius 2 is 1.75 bits per heavy atom. The van der Waals surface area contributed by atoms with Crippen LogP contribution >= 0.6 is 0 Å². The first-order valence-corrected chi connectivity index (χ1v) is 14.0. The number of likely N-dealkylation sites (tertiary alicyclic amines) is 1. The molecule has 3 fully saturated rings. The molecule has 194 valence electrons. The fourth-order valence-corrected chi connectivity index (χ4v) is 7.03. The smallest absolute Gasteiger partial charge is 0.248 e. The number of hydrogen-bond acceptors (Lipinski definition) is 7. The van der Waals surface area contributed by atoms with Gasteiger partial charge in [-0.15, -0.1) is 0 Å². The van der Waals surface area contributed by atoms with Gasteiger partial charge in [-0.3, -0.25) is 4.79 Å². The van der Waals surface area contributed by atoms with Gasteiger partial charge in [-0.05, 0) is 38.3 Å². The van der Waals surface area contributed by atoms with Gasteiger partial charge in [0.25, 0.3) is 0 Å². The van der Waals surface area contributed by atoms with E-state index in [0.29, 0.717) is 64.2 Å². The van der Waals surface area contributed by atoms with E-state index in [4.69, 9.17) is 14.0 Å². The Morgan fingerprint density at radius 3 is 2.44 bits per heavy atom. The number of nitrogens with zero attached hydrogens (tertiary/aromatic N) is 3. The van der Waals surface area contributed by atoms with Crippen LogP contribution in [-0.4, -0.2) is 73.9 Å². The van der Waals surface area contributed by atoms with E-state index in [1.54, 1.807) is 13.0 Å². The van der Waals surface area contributed by atoms with Crippen molar-refractivity contribution in [2.45, 2.75) is 50.2 Å². The molecule has 5 rings (SSSR count). The van der Waals surface area contributed by atoms with E-state index < -0.39 is 15.8 Å². The van der Waals surface area contributed by atoms with Crippen LogP contribution in [0, 0.1) is 19.8 Å². The van der Waals surface area contributed by atoms with Crippen LogP contribution in [0.3, 0.4) is 0 Å². The molecular weight excluding hydrogens is 482 g/mol. The van der Waals surface area contributed by atoms with E-state index in [1.807, 2.05) is 42.2 Å². The SMILES string of the molecule is Cc1ccc(/C=C/c2onc(C)c2S(=O)(=O)N2CCC[C@H](C(=O)N3CCC4(CC3)OCCO4)C2)cc1. The monoisotopic (exact) mass is 515 g/mol. The lowest BCUT2D eigenvalue weighted by molar-refractivity contribution is -0.188. The van der Waals surface area contributed by atoms with Gasteiger partial charge in [0.15, 0.2) is 16.4 Å². The number of ether oxygens (including phenoxy) is 2. The molecule has 0 N–H and O–H groups in total. The molecule has 3 saturated heterocycles. The zero-order chi connectivity index (χ0) is 25.3. The third-order valence-corrected chi connectivity index (χ3v) is 9.34. The Kier molecular flexibility index (Phi) is 7.04. The van der Waals surface area contributed by atoms with Crippen molar-refractivity contribution in [3.63, 3.8) is 0 Å². The van der Waals surface area contributed by atoms with E-state index in [9.17, 15) is 13.2 Å². The number of hydrogen-bond donors (Lipinski definition) is 0. The third-order valence-electron chi connectivity index (χ3n) is 7.32. The highest BCUT2D eigenvalue weighted by Gasteiger charge is 2.43. The molecule has 2 aromatic rings. The van der Waals surface area contributed by atoms with Crippen LogP contribution in [0.1, 0.15) is 48.3 Å². The molecule has 36 heavy (non-hydrogen) atoms. The van der Waals surface area contributed by atoms with Crippen LogP contribution in [0.25, 0.3) is 12.2 Å². The highest BCUT2D eigenvalue weighted by atomic mass is 32.2. The fraction of sp³-hybridized carbons (Fsp3) is 0.538. The van der Waals surface area contributed by atoms with E-state index >= 15 is 0 Å². The predicted molar refractivity (Wildman–Crippen MR) is 133 cm³/mol. The zero-order valence-electron chi connectivity index (χ0n) is 20.8. The first-order chi connectivity index (χ1) is 17.3. The molecule has 1 aromatic carbocycles. The Bertz CT molecular complexity index is 1220. The fourth-order valence-electron chi connectivity index (χ4n) is 5.25. The molecule has 0 radical (unpaired) electrons. The normalized spacial score (nSPS) is 23.1. The summed E-state index contributed by atoms with van der Waals surface area (Å²) >= 11 is 0. The van der Waals surface area contributed by atoms with Crippen molar-refractivity contribution in [2.75, 3.05) is 39.4 Å². The molecule has 3 aliphatic heterocycles. The lowest BCUT2D eigenvalue weighted by Crippen LogP contribution is -2.51. The highest BCUT2D eigenvalue weighted by molar-refractivity contribution is 7.89. The van der Waals surface area contributed by atoms with Gasteiger partial charge in [0.2, 0.25) is 15.9 Å². The van der Waals surface area contributed by atoms with Gasteiger partial charge < -0.3 is 18.9 Å². The van der Waals surface area contributed by atoms with Crippen molar-refractivity contribution in [2.24, 2.45) is 5.92 Å². The van der Waals surface area contributed by atoms with E-state index in [1.165, 1.54) is 4.31 Å². The molecular formula is C26H33N3O6S. The Balaban J connectivity index is 1.29. The second-order valence-corrected chi connectivity index (χ2v) is 11.7. The Labute approximate surface area is 212 Å². The maximum Gasteiger partial charge on any atom is 0.248 e. The largest absolute Gasteiger partial charge is 0.355 e. The summed E-state index contributed by atoms with van der Waals surface area (Å²) in [6, 6.07) is 7.89. The molecule has 1 amide bonds. The number of carbonyl (C=O) groups excluding carboxylic acids is 1. The number of piperidine rings is 2. The van der Waals surface area contributed by atoms with Crippen molar-refractivity contribution in [1.82, 2.24) is 14.4 Å². The third kappa shape index (κ3) is 5.00. The number of rotatable bonds is 5. The average Bonchev–Trinajstić information content (AvgIpc) is 3.50. The van der Waals surface area contributed by atoms with Crippen LogP contribution in [0.4, 0.5) is 0 Å². The first-order valence-electron chi connectivity index (χ1n) is 12.6. The summed E-state index contributed by atoms with van der Waals surface area (Å²) < 4.78 is 45.7. The molecule has 0 saturated carbocycles. The molecule has 4 heterocycles. The minimum atomic E-state index is -3.89. The molecule has 1 aromatic heterocycles. The molecule has 1 atom stereocenters. The van der Waals surface area contributed by atoms with Crippen LogP contribution < -0.4 is 0 Å². The number of sulfonamides is 1. The minimum absolute atomic E-state index is 0.00396. The van der Waals surface area contributed by atoms with Crippen molar-refractivity contribution < 1.29 is 27.2 Å². The second kappa shape index (κ2) is 10.1. The standard InChI is InChI=1S/C26H33N3O6S/c1-19-5-7-21(8-6-19)9-10-23-24(20(2)27-35-23)36(31,32)29-13-3-4-22(18-29)25(30)28-14-11-26(12-15-28)33-16-17-34-26/h5-10,22H,3-4,11-18H2,1-2H3/b10-9+/t22-/m0/s1. The van der Waals surface area contributed by atoms with E-state index in [0.717, 1.165) is 11.1 Å². The summed E-state index contributed by atoms with van der Waals surface area (Å²) in [6.45, 7) is 6.45.